The van der Waals surface area contributed by atoms with Crippen LogP contribution in [0.25, 0.3) is 0 Å². The summed E-state index contributed by atoms with van der Waals surface area (Å²) < 4.78 is 0. The molecule has 1 unspecified atom stereocenters. The summed E-state index contributed by atoms with van der Waals surface area (Å²) >= 11 is 0. The first-order chi connectivity index (χ1) is 7.61. The fraction of sp³-hybridized carbons (Fsp3) is 0.417. The van der Waals surface area contributed by atoms with Gasteiger partial charge in [0.1, 0.15) is 0 Å². The van der Waals surface area contributed by atoms with Crippen LogP contribution < -0.4 is 10.6 Å². The number of aliphatic hydroxyl groups is 1. The Kier molecular flexibility index (Phi) is 4.79. The number of benzene rings is 1. The zero-order valence-electron chi connectivity index (χ0n) is 9.66. The third kappa shape index (κ3) is 4.31. The zero-order chi connectivity index (χ0) is 12.0. The number of aryl methyl sites for hydroxylation is 1. The number of carbonyl (C=O) groups excluding carboxylic acids is 1. The Morgan fingerprint density at radius 1 is 1.38 bits per heavy atom. The lowest BCUT2D eigenvalue weighted by Crippen LogP contribution is -2.41. The van der Waals surface area contributed by atoms with E-state index >= 15 is 0 Å². The maximum absolute atomic E-state index is 11.3. The number of hydrogen-bond acceptors (Lipinski definition) is 2. The molecular weight excluding hydrogens is 204 g/mol. The molecule has 0 saturated carbocycles. The molecule has 4 heteroatoms. The molecule has 0 aromatic heterocycles. The Morgan fingerprint density at radius 2 is 2.00 bits per heavy atom. The SMILES string of the molecule is Cc1ccc(CNC(=O)NC(C)CO)cc1. The standard InChI is InChI=1S/C12H18N2O2/c1-9-3-5-11(6-4-9)7-13-12(16)14-10(2)8-15/h3-6,10,15H,7-8H2,1-2H3,(H2,13,14,16). The van der Waals surface area contributed by atoms with Gasteiger partial charge in [0, 0.05) is 6.54 Å². The maximum Gasteiger partial charge on any atom is 0.315 e. The van der Waals surface area contributed by atoms with Crippen LogP contribution in [0.2, 0.25) is 0 Å². The molecule has 4 nitrogen and oxygen atoms in total. The first-order valence-electron chi connectivity index (χ1n) is 5.32. The summed E-state index contributed by atoms with van der Waals surface area (Å²) in [5, 5.41) is 14.1. The van der Waals surface area contributed by atoms with Gasteiger partial charge in [0.25, 0.3) is 0 Å². The average Bonchev–Trinajstić information content (AvgIpc) is 2.28. The van der Waals surface area contributed by atoms with E-state index in [1.807, 2.05) is 31.2 Å². The minimum Gasteiger partial charge on any atom is -0.394 e. The Bertz CT molecular complexity index is 335. The first kappa shape index (κ1) is 12.5. The molecule has 1 rings (SSSR count). The molecular formula is C12H18N2O2. The lowest BCUT2D eigenvalue weighted by molar-refractivity contribution is 0.220. The quantitative estimate of drug-likeness (QED) is 0.716. The Hall–Kier alpha value is -1.55. The van der Waals surface area contributed by atoms with Crippen LogP contribution in [0, 0.1) is 6.92 Å². The molecule has 0 aliphatic heterocycles. The smallest absolute Gasteiger partial charge is 0.315 e. The van der Waals surface area contributed by atoms with Crippen molar-refractivity contribution in [1.29, 1.82) is 0 Å². The van der Waals surface area contributed by atoms with Gasteiger partial charge in [-0.25, -0.2) is 4.79 Å². The van der Waals surface area contributed by atoms with Crippen LogP contribution in [0.4, 0.5) is 4.79 Å². The van der Waals surface area contributed by atoms with Crippen LogP contribution in [0.15, 0.2) is 24.3 Å². The van der Waals surface area contributed by atoms with E-state index in [0.29, 0.717) is 6.54 Å². The van der Waals surface area contributed by atoms with Gasteiger partial charge in [0.05, 0.1) is 12.6 Å². The summed E-state index contributed by atoms with van der Waals surface area (Å²) in [5.74, 6) is 0. The normalized spacial score (nSPS) is 11.9. The number of amides is 2. The molecule has 1 aromatic rings. The van der Waals surface area contributed by atoms with Crippen LogP contribution in [-0.2, 0) is 6.54 Å². The molecule has 0 aliphatic rings. The highest BCUT2D eigenvalue weighted by molar-refractivity contribution is 5.74. The van der Waals surface area contributed by atoms with Gasteiger partial charge in [-0.1, -0.05) is 29.8 Å². The predicted octanol–water partition coefficient (Wildman–Crippen LogP) is 1.18. The summed E-state index contributed by atoms with van der Waals surface area (Å²) in [5.41, 5.74) is 2.25. The molecule has 0 spiro atoms. The third-order valence-electron chi connectivity index (χ3n) is 2.23. The van der Waals surface area contributed by atoms with E-state index in [1.165, 1.54) is 5.56 Å². The van der Waals surface area contributed by atoms with Gasteiger partial charge in [0.2, 0.25) is 0 Å². The highest BCUT2D eigenvalue weighted by Crippen LogP contribution is 2.02. The highest BCUT2D eigenvalue weighted by Gasteiger charge is 2.04. The van der Waals surface area contributed by atoms with Gasteiger partial charge in [0.15, 0.2) is 0 Å². The summed E-state index contributed by atoms with van der Waals surface area (Å²) in [7, 11) is 0. The molecule has 2 amide bonds. The number of urea groups is 1. The van der Waals surface area contributed by atoms with Crippen LogP contribution in [-0.4, -0.2) is 23.8 Å². The summed E-state index contributed by atoms with van der Waals surface area (Å²) in [6, 6.07) is 7.48. The second kappa shape index (κ2) is 6.12. The summed E-state index contributed by atoms with van der Waals surface area (Å²) in [4.78, 5) is 11.3. The molecule has 0 radical (unpaired) electrons. The second-order valence-corrected chi connectivity index (χ2v) is 3.90. The number of nitrogens with one attached hydrogen (secondary N) is 2. The van der Waals surface area contributed by atoms with Crippen molar-refractivity contribution in [1.82, 2.24) is 10.6 Å². The predicted molar refractivity (Wildman–Crippen MR) is 63.1 cm³/mol. The lowest BCUT2D eigenvalue weighted by atomic mass is 10.1. The topological polar surface area (TPSA) is 61.4 Å². The van der Waals surface area contributed by atoms with Gasteiger partial charge in [-0.15, -0.1) is 0 Å². The van der Waals surface area contributed by atoms with Gasteiger partial charge in [-0.3, -0.25) is 0 Å². The summed E-state index contributed by atoms with van der Waals surface area (Å²) in [6.07, 6.45) is 0. The van der Waals surface area contributed by atoms with Crippen LogP contribution in [0.5, 0.6) is 0 Å². The van der Waals surface area contributed by atoms with Crippen molar-refractivity contribution >= 4 is 6.03 Å². The van der Waals surface area contributed by atoms with E-state index in [9.17, 15) is 4.79 Å². The molecule has 0 aliphatic carbocycles. The largest absolute Gasteiger partial charge is 0.394 e. The van der Waals surface area contributed by atoms with Crippen molar-refractivity contribution in [2.24, 2.45) is 0 Å². The fourth-order valence-corrected chi connectivity index (χ4v) is 1.21. The summed E-state index contributed by atoms with van der Waals surface area (Å²) in [6.45, 7) is 4.19. The fourth-order valence-electron chi connectivity index (χ4n) is 1.21. The second-order valence-electron chi connectivity index (χ2n) is 3.90. The minimum absolute atomic E-state index is 0.0576. The zero-order valence-corrected chi connectivity index (χ0v) is 9.66. The molecule has 0 saturated heterocycles. The van der Waals surface area contributed by atoms with Crippen LogP contribution in [0.1, 0.15) is 18.1 Å². The Labute approximate surface area is 95.7 Å². The first-order valence-corrected chi connectivity index (χ1v) is 5.32. The van der Waals surface area contributed by atoms with Gasteiger partial charge < -0.3 is 15.7 Å². The van der Waals surface area contributed by atoms with Crippen molar-refractivity contribution in [2.45, 2.75) is 26.4 Å². The molecule has 88 valence electrons. The number of hydrogen-bond donors (Lipinski definition) is 3. The minimum atomic E-state index is -0.262. The molecule has 3 N–H and O–H groups in total. The van der Waals surface area contributed by atoms with E-state index in [-0.39, 0.29) is 18.7 Å². The van der Waals surface area contributed by atoms with Crippen molar-refractivity contribution in [3.8, 4) is 0 Å². The van der Waals surface area contributed by atoms with Crippen molar-refractivity contribution in [3.63, 3.8) is 0 Å². The lowest BCUT2D eigenvalue weighted by Gasteiger charge is -2.11. The van der Waals surface area contributed by atoms with Gasteiger partial charge in [-0.2, -0.15) is 0 Å². The number of carbonyl (C=O) groups is 1. The molecule has 1 aromatic carbocycles. The molecule has 0 heterocycles. The molecule has 0 fully saturated rings. The average molecular weight is 222 g/mol. The van der Waals surface area contributed by atoms with Gasteiger partial charge in [-0.05, 0) is 19.4 Å². The maximum atomic E-state index is 11.3. The van der Waals surface area contributed by atoms with E-state index < -0.39 is 0 Å². The molecule has 16 heavy (non-hydrogen) atoms. The van der Waals surface area contributed by atoms with Gasteiger partial charge >= 0.3 is 6.03 Å². The van der Waals surface area contributed by atoms with E-state index in [2.05, 4.69) is 10.6 Å². The highest BCUT2D eigenvalue weighted by atomic mass is 16.3. The van der Waals surface area contributed by atoms with Crippen molar-refractivity contribution < 1.29 is 9.90 Å². The van der Waals surface area contributed by atoms with Crippen molar-refractivity contribution in [3.05, 3.63) is 35.4 Å². The Balaban J connectivity index is 2.34. The number of rotatable bonds is 4. The molecule has 0 bridgehead atoms. The third-order valence-corrected chi connectivity index (χ3v) is 2.23. The number of aliphatic hydroxyl groups excluding tert-OH is 1. The van der Waals surface area contributed by atoms with E-state index in [1.54, 1.807) is 6.92 Å². The van der Waals surface area contributed by atoms with E-state index in [0.717, 1.165) is 5.56 Å². The monoisotopic (exact) mass is 222 g/mol. The Morgan fingerprint density at radius 3 is 2.56 bits per heavy atom. The molecule has 1 atom stereocenters. The van der Waals surface area contributed by atoms with Crippen LogP contribution >= 0.6 is 0 Å². The van der Waals surface area contributed by atoms with Crippen LogP contribution in [0.3, 0.4) is 0 Å². The van der Waals surface area contributed by atoms with Crippen molar-refractivity contribution in [2.75, 3.05) is 6.61 Å². The van der Waals surface area contributed by atoms with E-state index in [4.69, 9.17) is 5.11 Å².